The van der Waals surface area contributed by atoms with Gasteiger partial charge in [-0.15, -0.1) is 0 Å². The number of hydrogen-bond acceptors (Lipinski definition) is 6. The molecule has 2 atom stereocenters. The molecule has 1 aliphatic rings. The highest BCUT2D eigenvalue weighted by atomic mass is 79.9. The molecule has 4 aromatic rings. The lowest BCUT2D eigenvalue weighted by atomic mass is 9.96. The van der Waals surface area contributed by atoms with Gasteiger partial charge in [0.25, 0.3) is 0 Å². The van der Waals surface area contributed by atoms with E-state index in [-0.39, 0.29) is 12.0 Å². The molecular formula is C23H19BrN8. The van der Waals surface area contributed by atoms with Crippen LogP contribution in [0.25, 0.3) is 22.3 Å². The maximum Gasteiger partial charge on any atom is 0.141 e. The zero-order valence-electron chi connectivity index (χ0n) is 17.1. The quantitative estimate of drug-likeness (QED) is 0.446. The van der Waals surface area contributed by atoms with E-state index < -0.39 is 0 Å². The summed E-state index contributed by atoms with van der Waals surface area (Å²) in [5.41, 5.74) is 4.07. The molecule has 1 aromatic carbocycles. The monoisotopic (exact) mass is 486 g/mol. The number of fused-ring (bicyclic) bond motifs is 1. The Morgan fingerprint density at radius 1 is 1.25 bits per heavy atom. The first-order valence-corrected chi connectivity index (χ1v) is 11.1. The molecule has 0 aliphatic carbocycles. The molecule has 0 amide bonds. The van der Waals surface area contributed by atoms with E-state index in [9.17, 15) is 10.5 Å². The maximum absolute atomic E-state index is 9.59. The molecule has 5 rings (SSSR count). The second-order valence-corrected chi connectivity index (χ2v) is 8.70. The van der Waals surface area contributed by atoms with Crippen LogP contribution in [0.2, 0.25) is 0 Å². The number of aromatic amines is 1. The summed E-state index contributed by atoms with van der Waals surface area (Å²) >= 11 is 3.48. The van der Waals surface area contributed by atoms with Crippen LogP contribution in [0.15, 0.2) is 53.7 Å². The van der Waals surface area contributed by atoms with Crippen LogP contribution < -0.4 is 4.90 Å². The van der Waals surface area contributed by atoms with Crippen LogP contribution in [0.3, 0.4) is 0 Å². The van der Waals surface area contributed by atoms with E-state index >= 15 is 0 Å². The van der Waals surface area contributed by atoms with Crippen LogP contribution in [-0.2, 0) is 0 Å². The summed E-state index contributed by atoms with van der Waals surface area (Å²) in [6, 6.07) is 12.3. The molecule has 0 saturated carbocycles. The lowest BCUT2D eigenvalue weighted by Crippen LogP contribution is -2.25. The van der Waals surface area contributed by atoms with Gasteiger partial charge in [-0.2, -0.15) is 15.6 Å². The summed E-state index contributed by atoms with van der Waals surface area (Å²) < 4.78 is 2.70. The molecule has 0 spiro atoms. The van der Waals surface area contributed by atoms with Gasteiger partial charge >= 0.3 is 0 Å². The van der Waals surface area contributed by atoms with Gasteiger partial charge in [-0.3, -0.25) is 4.68 Å². The van der Waals surface area contributed by atoms with Crippen molar-refractivity contribution >= 4 is 32.7 Å². The minimum atomic E-state index is -0.0556. The molecule has 0 radical (unpaired) electrons. The number of halogens is 1. The smallest absolute Gasteiger partial charge is 0.141 e. The van der Waals surface area contributed by atoms with E-state index in [4.69, 9.17) is 0 Å². The zero-order chi connectivity index (χ0) is 22.1. The highest BCUT2D eigenvalue weighted by Crippen LogP contribution is 2.36. The molecule has 4 heterocycles. The van der Waals surface area contributed by atoms with Gasteiger partial charge in [-0.05, 0) is 40.5 Å². The number of H-pyrrole nitrogens is 1. The van der Waals surface area contributed by atoms with E-state index in [0.29, 0.717) is 12.0 Å². The third-order valence-corrected chi connectivity index (χ3v) is 6.74. The molecule has 9 heteroatoms. The van der Waals surface area contributed by atoms with Gasteiger partial charge < -0.3 is 9.88 Å². The molecule has 1 aliphatic heterocycles. The summed E-state index contributed by atoms with van der Waals surface area (Å²) in [7, 11) is 0. The van der Waals surface area contributed by atoms with Crippen LogP contribution in [0.4, 0.5) is 5.69 Å². The fourth-order valence-corrected chi connectivity index (χ4v) is 4.97. The largest absolute Gasteiger partial charge is 0.370 e. The molecule has 3 aromatic heterocycles. The Morgan fingerprint density at radius 2 is 2.16 bits per heavy atom. The fourth-order valence-electron chi connectivity index (χ4n) is 4.52. The third kappa shape index (κ3) is 3.51. The number of nitrogens with zero attached hydrogens (tertiary/aromatic N) is 7. The first-order valence-electron chi connectivity index (χ1n) is 10.3. The summed E-state index contributed by atoms with van der Waals surface area (Å²) in [5.74, 6) is 0.241. The molecule has 0 unspecified atom stereocenters. The van der Waals surface area contributed by atoms with Crippen molar-refractivity contribution in [1.29, 1.82) is 10.5 Å². The van der Waals surface area contributed by atoms with Crippen molar-refractivity contribution in [3.8, 4) is 23.4 Å². The number of hydrogen-bond donors (Lipinski definition) is 1. The van der Waals surface area contributed by atoms with Crippen molar-refractivity contribution in [2.45, 2.75) is 18.9 Å². The number of benzene rings is 1. The Labute approximate surface area is 193 Å². The molecule has 0 bridgehead atoms. The predicted octanol–water partition coefficient (Wildman–Crippen LogP) is 4.44. The molecule has 1 fully saturated rings. The molecular weight excluding hydrogens is 468 g/mol. The van der Waals surface area contributed by atoms with Gasteiger partial charge in [0.1, 0.15) is 18.0 Å². The molecule has 8 nitrogen and oxygen atoms in total. The van der Waals surface area contributed by atoms with Crippen molar-refractivity contribution in [3.63, 3.8) is 0 Å². The first kappa shape index (κ1) is 20.2. The summed E-state index contributed by atoms with van der Waals surface area (Å²) in [4.78, 5) is 14.0. The van der Waals surface area contributed by atoms with Crippen molar-refractivity contribution in [2.75, 3.05) is 18.0 Å². The van der Waals surface area contributed by atoms with Crippen LogP contribution >= 0.6 is 15.9 Å². The Bertz CT molecular complexity index is 1360. The van der Waals surface area contributed by atoms with E-state index in [1.165, 1.54) is 6.33 Å². The summed E-state index contributed by atoms with van der Waals surface area (Å²) in [6.45, 7) is 1.60. The van der Waals surface area contributed by atoms with E-state index in [1.807, 2.05) is 41.3 Å². The number of rotatable bonds is 5. The predicted molar refractivity (Wildman–Crippen MR) is 124 cm³/mol. The van der Waals surface area contributed by atoms with E-state index in [0.717, 1.165) is 52.0 Å². The molecule has 1 N–H and O–H groups in total. The first-order chi connectivity index (χ1) is 15.7. The van der Waals surface area contributed by atoms with Crippen molar-refractivity contribution in [1.82, 2.24) is 24.7 Å². The third-order valence-electron chi connectivity index (χ3n) is 6.08. The Kier molecular flexibility index (Phi) is 5.34. The van der Waals surface area contributed by atoms with E-state index in [1.54, 1.807) is 6.20 Å². The average molecular weight is 487 g/mol. The lowest BCUT2D eigenvalue weighted by molar-refractivity contribution is 0.332. The second-order valence-electron chi connectivity index (χ2n) is 7.84. The Hall–Kier alpha value is -3.69. The summed E-state index contributed by atoms with van der Waals surface area (Å²) in [5, 5.41) is 24.7. The van der Waals surface area contributed by atoms with E-state index in [2.05, 4.69) is 53.0 Å². The van der Waals surface area contributed by atoms with Crippen LogP contribution in [0.1, 0.15) is 24.4 Å². The SMILES string of the molecule is N#CC[C@@H]([C@H]1CCN(c2cccc(Br)c2C#N)C1)n1cc(-c2ncnc3[nH]ccc23)cn1. The Morgan fingerprint density at radius 3 is 3.00 bits per heavy atom. The van der Waals surface area contributed by atoms with Gasteiger partial charge in [0, 0.05) is 46.8 Å². The topological polar surface area (TPSA) is 110 Å². The second kappa shape index (κ2) is 8.45. The average Bonchev–Trinajstić information content (AvgIpc) is 3.57. The van der Waals surface area contributed by atoms with Crippen molar-refractivity contribution < 1.29 is 0 Å². The number of nitrogens with one attached hydrogen (secondary N) is 1. The molecule has 1 saturated heterocycles. The van der Waals surface area contributed by atoms with Gasteiger partial charge in [0.05, 0.1) is 41.7 Å². The minimum absolute atomic E-state index is 0.0556. The number of anilines is 1. The molecule has 158 valence electrons. The lowest BCUT2D eigenvalue weighted by Gasteiger charge is -2.24. The normalized spacial score (nSPS) is 16.7. The number of nitriles is 2. The van der Waals surface area contributed by atoms with Crippen LogP contribution in [0.5, 0.6) is 0 Å². The zero-order valence-corrected chi connectivity index (χ0v) is 18.7. The van der Waals surface area contributed by atoms with Crippen LogP contribution in [0, 0.1) is 28.6 Å². The van der Waals surface area contributed by atoms with Gasteiger partial charge in [-0.1, -0.05) is 6.07 Å². The van der Waals surface area contributed by atoms with Gasteiger partial charge in [0.15, 0.2) is 0 Å². The summed E-state index contributed by atoms with van der Waals surface area (Å²) in [6.07, 6.45) is 8.45. The molecule has 32 heavy (non-hydrogen) atoms. The van der Waals surface area contributed by atoms with Crippen LogP contribution in [-0.4, -0.2) is 37.8 Å². The van der Waals surface area contributed by atoms with Gasteiger partial charge in [-0.25, -0.2) is 9.97 Å². The van der Waals surface area contributed by atoms with Crippen molar-refractivity contribution in [2.24, 2.45) is 5.92 Å². The van der Waals surface area contributed by atoms with Gasteiger partial charge in [0.2, 0.25) is 0 Å². The Balaban J connectivity index is 1.42. The number of aromatic nitrogens is 5. The maximum atomic E-state index is 9.59. The fraction of sp³-hybridized carbons (Fsp3) is 0.261. The highest BCUT2D eigenvalue weighted by Gasteiger charge is 2.32. The standard InChI is InChI=1S/C23H19BrN8/c24-19-2-1-3-21(18(19)10-26)31-9-6-15(12-31)20(4-7-25)32-13-16(11-30-32)22-17-5-8-27-23(17)29-14-28-22/h1-3,5,8,11,13-15,20H,4,6,9,12H2,(H,27,28,29)/t15-,20-/m0/s1. The minimum Gasteiger partial charge on any atom is -0.370 e. The van der Waals surface area contributed by atoms with Crippen molar-refractivity contribution in [3.05, 3.63) is 59.2 Å². The highest BCUT2D eigenvalue weighted by molar-refractivity contribution is 9.10.